The first-order valence-corrected chi connectivity index (χ1v) is 8.77. The minimum absolute atomic E-state index is 0.202. The number of nitrogens with one attached hydrogen (secondary N) is 1. The highest BCUT2D eigenvalue weighted by molar-refractivity contribution is 5.89. The van der Waals surface area contributed by atoms with Gasteiger partial charge < -0.3 is 15.0 Å². The summed E-state index contributed by atoms with van der Waals surface area (Å²) in [5.74, 6) is -1.62. The lowest BCUT2D eigenvalue weighted by atomic mass is 10.2. The lowest BCUT2D eigenvalue weighted by Crippen LogP contribution is -2.56. The van der Waals surface area contributed by atoms with Crippen molar-refractivity contribution >= 4 is 17.8 Å². The van der Waals surface area contributed by atoms with Gasteiger partial charge in [0.1, 0.15) is 11.6 Å². The maximum absolute atomic E-state index is 13.0. The Hall–Kier alpha value is -2.00. The molecule has 1 saturated heterocycles. The van der Waals surface area contributed by atoms with Crippen LogP contribution in [0.25, 0.3) is 0 Å². The molecule has 1 aliphatic heterocycles. The van der Waals surface area contributed by atoms with E-state index >= 15 is 0 Å². The van der Waals surface area contributed by atoms with Crippen LogP contribution in [-0.2, 0) is 9.53 Å². The van der Waals surface area contributed by atoms with E-state index in [0.717, 1.165) is 11.9 Å². The van der Waals surface area contributed by atoms with Gasteiger partial charge in [0.05, 0.1) is 6.17 Å². The Morgan fingerprint density at radius 3 is 2.26 bits per heavy atom. The summed E-state index contributed by atoms with van der Waals surface area (Å²) >= 11 is 0. The van der Waals surface area contributed by atoms with Gasteiger partial charge in [0.25, 0.3) is 0 Å². The lowest BCUT2D eigenvalue weighted by molar-refractivity contribution is -0.127. The second-order valence-corrected chi connectivity index (χ2v) is 7.67. The first kappa shape index (κ1) is 23.0. The molecule has 156 valence electrons. The van der Waals surface area contributed by atoms with Crippen LogP contribution in [0.4, 0.5) is 18.0 Å². The Balaban J connectivity index is 2.87. The van der Waals surface area contributed by atoms with Crippen LogP contribution in [0.5, 0.6) is 0 Å². The third-order valence-electron chi connectivity index (χ3n) is 4.31. The highest BCUT2D eigenvalue weighted by atomic mass is 19.4. The lowest BCUT2D eigenvalue weighted by Gasteiger charge is -2.33. The van der Waals surface area contributed by atoms with E-state index in [2.05, 4.69) is 10.3 Å². The minimum Gasteiger partial charge on any atom is -0.444 e. The number of carbonyl (C=O) groups excluding carboxylic acids is 2. The Labute approximate surface area is 157 Å². The molecule has 27 heavy (non-hydrogen) atoms. The van der Waals surface area contributed by atoms with Gasteiger partial charge in [-0.15, -0.1) is 0 Å². The molecular weight excluding hydrogens is 365 g/mol. The van der Waals surface area contributed by atoms with Gasteiger partial charge in [0.2, 0.25) is 11.7 Å². The van der Waals surface area contributed by atoms with Gasteiger partial charge in [0.15, 0.2) is 0 Å². The molecule has 1 aliphatic rings. The Kier molecular flexibility index (Phi) is 7.12. The van der Waals surface area contributed by atoms with E-state index in [1.807, 2.05) is 0 Å². The number of halogens is 3. The summed E-state index contributed by atoms with van der Waals surface area (Å²) in [4.78, 5) is 30.5. The quantitative estimate of drug-likeness (QED) is 0.454. The van der Waals surface area contributed by atoms with Gasteiger partial charge in [-0.3, -0.25) is 14.7 Å². The van der Waals surface area contributed by atoms with Gasteiger partial charge in [-0.1, -0.05) is 0 Å². The first-order chi connectivity index (χ1) is 12.2. The van der Waals surface area contributed by atoms with Crippen LogP contribution in [0.2, 0.25) is 0 Å². The van der Waals surface area contributed by atoms with Crippen molar-refractivity contribution in [1.82, 2.24) is 15.1 Å². The molecule has 1 N–H and O–H groups in total. The van der Waals surface area contributed by atoms with E-state index in [9.17, 15) is 22.8 Å². The number of ether oxygens (including phenoxy) is 1. The fraction of sp³-hybridized carbons (Fsp3) is 0.824. The summed E-state index contributed by atoms with van der Waals surface area (Å²) in [7, 11) is 2.24. The molecule has 0 aromatic carbocycles. The second kappa shape index (κ2) is 8.35. The van der Waals surface area contributed by atoms with Crippen LogP contribution in [-0.4, -0.2) is 71.8 Å². The fourth-order valence-corrected chi connectivity index (χ4v) is 2.93. The van der Waals surface area contributed by atoms with Crippen molar-refractivity contribution in [2.24, 2.45) is 4.99 Å². The number of amides is 2. The topological polar surface area (TPSA) is 74.2 Å². The number of nitrogens with zero attached hydrogens (tertiary/aromatic N) is 3. The van der Waals surface area contributed by atoms with Crippen LogP contribution >= 0.6 is 0 Å². The van der Waals surface area contributed by atoms with Crippen molar-refractivity contribution < 1.29 is 27.5 Å². The summed E-state index contributed by atoms with van der Waals surface area (Å²) in [6, 6.07) is -0.995. The molecule has 0 aromatic rings. The Morgan fingerprint density at radius 1 is 1.26 bits per heavy atom. The SMILES string of the molecule is CN=C(N(C)C(C)NC(=O)[C@@H]1CC[C@H](C)N1C(=O)OC(C)(C)C)C(F)(F)F. The molecule has 10 heteroatoms. The first-order valence-electron chi connectivity index (χ1n) is 8.77. The summed E-state index contributed by atoms with van der Waals surface area (Å²) in [6.45, 7) is 8.39. The summed E-state index contributed by atoms with van der Waals surface area (Å²) < 4.78 is 44.3. The van der Waals surface area contributed by atoms with Crippen LogP contribution in [0.15, 0.2) is 4.99 Å². The third-order valence-corrected chi connectivity index (χ3v) is 4.31. The van der Waals surface area contributed by atoms with Crippen LogP contribution < -0.4 is 5.32 Å². The van der Waals surface area contributed by atoms with E-state index in [1.54, 1.807) is 27.7 Å². The molecule has 0 aliphatic carbocycles. The zero-order valence-corrected chi connectivity index (χ0v) is 16.8. The average molecular weight is 394 g/mol. The average Bonchev–Trinajstić information content (AvgIpc) is 2.86. The van der Waals surface area contributed by atoms with E-state index in [0.29, 0.717) is 12.8 Å². The molecule has 7 nitrogen and oxygen atoms in total. The van der Waals surface area contributed by atoms with Gasteiger partial charge in [-0.25, -0.2) is 4.79 Å². The number of carbonyl (C=O) groups is 2. The number of aliphatic imine (C=N–C) groups is 1. The highest BCUT2D eigenvalue weighted by Crippen LogP contribution is 2.27. The molecule has 2 amide bonds. The largest absolute Gasteiger partial charge is 0.449 e. The van der Waals surface area contributed by atoms with Crippen LogP contribution in [0, 0.1) is 0 Å². The van der Waals surface area contributed by atoms with E-state index in [4.69, 9.17) is 4.74 Å². The van der Waals surface area contributed by atoms with E-state index in [-0.39, 0.29) is 6.04 Å². The van der Waals surface area contributed by atoms with Crippen molar-refractivity contribution in [3.8, 4) is 0 Å². The number of likely N-dealkylation sites (tertiary alicyclic amines) is 1. The van der Waals surface area contributed by atoms with E-state index in [1.165, 1.54) is 18.9 Å². The molecule has 0 saturated carbocycles. The standard InChI is InChI=1S/C17H29F3N4O3/c1-10-8-9-12(24(10)15(26)27-16(3,4)5)13(25)22-11(2)23(7)14(21-6)17(18,19)20/h10-12H,8-9H2,1-7H3,(H,22,25)/t10-,11?,12-/m0/s1. The molecule has 0 aromatic heterocycles. The molecule has 1 heterocycles. The normalized spacial score (nSPS) is 22.4. The zero-order valence-electron chi connectivity index (χ0n) is 16.8. The number of rotatable bonds is 3. The molecule has 3 atom stereocenters. The minimum atomic E-state index is -4.63. The molecule has 0 spiro atoms. The number of alkyl halides is 3. The van der Waals surface area contributed by atoms with Crippen molar-refractivity contribution in [1.29, 1.82) is 0 Å². The maximum Gasteiger partial charge on any atom is 0.449 e. The van der Waals surface area contributed by atoms with Gasteiger partial charge in [-0.05, 0) is 47.5 Å². The van der Waals surface area contributed by atoms with Crippen LogP contribution in [0.1, 0.15) is 47.5 Å². The predicted octanol–water partition coefficient (Wildman–Crippen LogP) is 2.76. The number of amidine groups is 1. The summed E-state index contributed by atoms with van der Waals surface area (Å²) in [5, 5.41) is 2.53. The monoisotopic (exact) mass is 394 g/mol. The zero-order chi connectivity index (χ0) is 21.2. The molecule has 0 bridgehead atoms. The smallest absolute Gasteiger partial charge is 0.444 e. The van der Waals surface area contributed by atoms with Crippen molar-refractivity contribution in [2.45, 2.75) is 77.5 Å². The summed E-state index contributed by atoms with van der Waals surface area (Å²) in [5.41, 5.74) is -0.715. The highest BCUT2D eigenvalue weighted by Gasteiger charge is 2.43. The Bertz CT molecular complexity index is 587. The number of hydrogen-bond acceptors (Lipinski definition) is 4. The van der Waals surface area contributed by atoms with Crippen molar-refractivity contribution in [3.05, 3.63) is 0 Å². The maximum atomic E-state index is 13.0. The van der Waals surface area contributed by atoms with Gasteiger partial charge in [0, 0.05) is 20.1 Å². The summed E-state index contributed by atoms with van der Waals surface area (Å²) in [6.07, 6.45) is -5.19. The van der Waals surface area contributed by atoms with Gasteiger partial charge in [-0.2, -0.15) is 13.2 Å². The van der Waals surface area contributed by atoms with E-state index < -0.39 is 41.8 Å². The molecule has 1 fully saturated rings. The van der Waals surface area contributed by atoms with Crippen molar-refractivity contribution in [3.63, 3.8) is 0 Å². The fourth-order valence-electron chi connectivity index (χ4n) is 2.93. The Morgan fingerprint density at radius 2 is 1.81 bits per heavy atom. The number of hydrogen-bond donors (Lipinski definition) is 1. The third kappa shape index (κ3) is 6.00. The second-order valence-electron chi connectivity index (χ2n) is 7.67. The molecular formula is C17H29F3N4O3. The van der Waals surface area contributed by atoms with Crippen molar-refractivity contribution in [2.75, 3.05) is 14.1 Å². The molecule has 1 unspecified atom stereocenters. The molecule has 0 radical (unpaired) electrons. The predicted molar refractivity (Wildman–Crippen MR) is 95.3 cm³/mol. The van der Waals surface area contributed by atoms with Crippen LogP contribution in [0.3, 0.4) is 0 Å². The molecule has 1 rings (SSSR count). The van der Waals surface area contributed by atoms with Gasteiger partial charge >= 0.3 is 12.3 Å².